The maximum atomic E-state index is 13.7. The Morgan fingerprint density at radius 1 is 0.299 bits per heavy atom. The number of nitrogens with zero attached hydrogens (tertiary/aromatic N) is 10. The number of rotatable bonds is 25. The lowest BCUT2D eigenvalue weighted by Gasteiger charge is -2.21. The molecule has 0 aliphatic carbocycles. The fourth-order valence-corrected chi connectivity index (χ4v) is 13.2. The fraction of sp³-hybridized carbons (Fsp3) is 0.218. The molecule has 0 aliphatic rings. The van der Waals surface area contributed by atoms with Crippen molar-refractivity contribution in [2.45, 2.75) is 68.3 Å². The molecule has 3 amide bonds. The van der Waals surface area contributed by atoms with Gasteiger partial charge in [-0.15, -0.1) is 0 Å². The number of fused-ring (bicyclic) bond motifs is 5. The molecule has 0 aliphatic heterocycles. The lowest BCUT2D eigenvalue weighted by molar-refractivity contribution is -0.290. The fourth-order valence-electron chi connectivity index (χ4n) is 13.2. The van der Waals surface area contributed by atoms with Gasteiger partial charge in [0.1, 0.15) is 65.8 Å². The summed E-state index contributed by atoms with van der Waals surface area (Å²) in [7, 11) is 4.70. The molecular weight excluding hydrogens is 1880 g/mol. The Morgan fingerprint density at radius 3 is 0.832 bits per heavy atom. The van der Waals surface area contributed by atoms with Gasteiger partial charge in [-0.25, -0.2) is 8.78 Å². The number of hydrogen-bond donors (Lipinski definition) is 8. The van der Waals surface area contributed by atoms with Crippen molar-refractivity contribution in [1.82, 2.24) is 48.9 Å². The number of methoxy groups -OCH3 is 1. The number of ether oxygens (including phenoxy) is 6. The molecule has 137 heavy (non-hydrogen) atoms. The summed E-state index contributed by atoms with van der Waals surface area (Å²) in [5.74, 6) is -17.4. The van der Waals surface area contributed by atoms with Crippen LogP contribution in [0.2, 0.25) is 0 Å². The van der Waals surface area contributed by atoms with E-state index in [1.54, 1.807) is 117 Å². The SMILES string of the molecule is COc1ccc(OCC(F)(F)C(F)(F)F)c(-c2ccc3c(N)nn(C)c3c2)c1.Cn1nc(N)c2ccc(-c3cc(F)ccc3OCC(F)(F)C(F)(F)F)cc21.NC(=O)Cn1nc(N)c2ccc(-c3cc(F)ccc3OCC(F)(F)F)cc21.NC(=O)Cn1nc(N)c2ccc(-c3ccccc3OCC(F)(F)C(F)(F)F)cc21.NC(=O)Cn1nc(N)c2ccc(-c3ccccc3OCC(F)(F)F)cc21. The number of alkyl halides is 21. The van der Waals surface area contributed by atoms with Crippen LogP contribution < -0.4 is 74.3 Å². The van der Waals surface area contributed by atoms with Crippen molar-refractivity contribution in [3.63, 3.8) is 0 Å². The van der Waals surface area contributed by atoms with Gasteiger partial charge in [0.25, 0.3) is 0 Å². The number of aryl methyl sites for hydroxylation is 2. The molecule has 50 heteroatoms. The van der Waals surface area contributed by atoms with Gasteiger partial charge >= 0.3 is 48.6 Å². The summed E-state index contributed by atoms with van der Waals surface area (Å²) in [6, 6.07) is 46.5. The van der Waals surface area contributed by atoms with Gasteiger partial charge < -0.3 is 74.3 Å². The average molecular weight is 1950 g/mol. The van der Waals surface area contributed by atoms with Crippen LogP contribution in [-0.4, -0.2) is 155 Å². The standard InChI is InChI=1S/C18H15F5N4O2.C18H16F5N3O2.C17H13F6N3O.C17H14F4N4O2.C17H15F3N4O2/c19-17(20,18(21,22)23)9-29-14-4-2-1-3-11(14)10-5-6-12-13(7-10)27(8-15(24)28)26-16(12)25;1-26-14-7-10(3-5-12(14)16(24)25-26)13-8-11(27-2)4-6-15(13)28-9-17(19,20)18(21,22)23;1-26-13-6-9(2-4-11(13)15(24)25-26)12-7-10(18)3-5-14(12)27-8-16(19,20)17(21,22)23;18-10-2-4-14(27-8-17(19,20)21)12(6-10)9-1-3-11-13(5-9)25(7-15(22)26)24-16(11)23;18-17(19,20)9-26-14-4-2-1-3-11(14)10-5-6-12-13(7-10)24(8-15(21)25)23-16(12)22/h1-7H,8-9H2,(H2,24,28)(H2,25,26);3-8H,9H2,1-2H3,(H2,24,25);2-7H,8H2,1H3,(H2,24,25);1-6H,7-8H2,(H2,22,26)(H2,23,24);1-7H,8-9H2,(H2,21,25)(H2,22,23). The van der Waals surface area contributed by atoms with E-state index in [0.29, 0.717) is 105 Å². The summed E-state index contributed by atoms with van der Waals surface area (Å²) in [6.45, 7) is -9.16. The van der Waals surface area contributed by atoms with Crippen LogP contribution in [0.3, 0.4) is 0 Å². The van der Waals surface area contributed by atoms with Crippen LogP contribution in [0.5, 0.6) is 34.5 Å². The smallest absolute Gasteiger partial charge is 0.456 e. The van der Waals surface area contributed by atoms with Crippen molar-refractivity contribution >= 4 is 101 Å². The molecule has 16 N–H and O–H groups in total. The van der Waals surface area contributed by atoms with Crippen LogP contribution in [0.25, 0.3) is 110 Å². The molecule has 0 fully saturated rings. The van der Waals surface area contributed by atoms with Crippen LogP contribution in [0, 0.1) is 11.6 Å². The zero-order chi connectivity index (χ0) is 101. The minimum atomic E-state index is -5.75. The minimum absolute atomic E-state index is 0.0228. The van der Waals surface area contributed by atoms with Gasteiger partial charge in [0, 0.05) is 68.8 Å². The van der Waals surface area contributed by atoms with Gasteiger partial charge in [0.2, 0.25) is 17.7 Å². The molecule has 0 unspecified atom stereocenters. The highest BCUT2D eigenvalue weighted by molar-refractivity contribution is 5.98. The van der Waals surface area contributed by atoms with E-state index in [1.807, 2.05) is 0 Å². The van der Waals surface area contributed by atoms with E-state index in [2.05, 4.69) is 25.5 Å². The van der Waals surface area contributed by atoms with E-state index >= 15 is 0 Å². The zero-order valence-corrected chi connectivity index (χ0v) is 70.6. The lowest BCUT2D eigenvalue weighted by atomic mass is 10.0. The molecule has 0 saturated heterocycles. The van der Waals surface area contributed by atoms with Gasteiger partial charge in [-0.2, -0.15) is 118 Å². The topological polar surface area (TPSA) is 404 Å². The molecule has 0 spiro atoms. The number of carbonyl (C=O) groups excluding carboxylic acids is 3. The van der Waals surface area contributed by atoms with Gasteiger partial charge in [0.15, 0.2) is 62.1 Å². The number of halogens is 23. The molecule has 0 bridgehead atoms. The van der Waals surface area contributed by atoms with Crippen molar-refractivity contribution < 1.29 is 144 Å². The van der Waals surface area contributed by atoms with Crippen molar-refractivity contribution in [2.75, 3.05) is 68.8 Å². The number of nitrogen functional groups attached to an aromatic ring is 5. The number of benzene rings is 10. The molecule has 0 saturated carbocycles. The molecule has 0 radical (unpaired) electrons. The number of aromatic nitrogens is 10. The van der Waals surface area contributed by atoms with Crippen LogP contribution in [0.15, 0.2) is 194 Å². The highest BCUT2D eigenvalue weighted by atomic mass is 19.4. The number of hydrogen-bond acceptors (Lipinski definition) is 19. The van der Waals surface area contributed by atoms with Crippen molar-refractivity contribution in [2.24, 2.45) is 31.3 Å². The first-order valence-electron chi connectivity index (χ1n) is 39.1. The number of primary amides is 3. The van der Waals surface area contributed by atoms with Crippen molar-refractivity contribution in [3.8, 4) is 90.1 Å². The van der Waals surface area contributed by atoms with E-state index in [-0.39, 0.29) is 88.3 Å². The van der Waals surface area contributed by atoms with Crippen LogP contribution in [-0.2, 0) is 48.1 Å². The Morgan fingerprint density at radius 2 is 0.547 bits per heavy atom. The Labute approximate surface area is 755 Å². The van der Waals surface area contributed by atoms with E-state index in [0.717, 1.165) is 36.4 Å². The largest absolute Gasteiger partial charge is 0.497 e. The molecular formula is C87H73F23N18O9. The van der Waals surface area contributed by atoms with E-state index in [4.69, 9.17) is 74.3 Å². The Hall–Kier alpha value is -15.9. The van der Waals surface area contributed by atoms with Gasteiger partial charge in [0.05, 0.1) is 34.7 Å². The second-order valence-electron chi connectivity index (χ2n) is 29.6. The summed E-state index contributed by atoms with van der Waals surface area (Å²) in [6.07, 6.45) is -26.2. The number of amides is 3. The summed E-state index contributed by atoms with van der Waals surface area (Å²) >= 11 is 0. The summed E-state index contributed by atoms with van der Waals surface area (Å²) in [4.78, 5) is 33.6. The molecule has 10 aromatic carbocycles. The van der Waals surface area contributed by atoms with Gasteiger partial charge in [-0.3, -0.25) is 37.8 Å². The van der Waals surface area contributed by atoms with Crippen molar-refractivity contribution in [1.29, 1.82) is 0 Å². The van der Waals surface area contributed by atoms with E-state index in [1.165, 1.54) is 85.1 Å². The Bertz CT molecular complexity index is 6950. The van der Waals surface area contributed by atoms with Crippen LogP contribution in [0.1, 0.15) is 0 Å². The Kier molecular flexibility index (Phi) is 29.8. The number of nitrogens with two attached hydrogens (primary N) is 8. The maximum Gasteiger partial charge on any atom is 0.456 e. The number of anilines is 5. The highest BCUT2D eigenvalue weighted by Gasteiger charge is 2.60. The van der Waals surface area contributed by atoms with Crippen LogP contribution >= 0.6 is 0 Å². The monoisotopic (exact) mass is 1950 g/mol. The molecule has 15 rings (SSSR count). The predicted molar refractivity (Wildman–Crippen MR) is 457 cm³/mol. The molecule has 0 atom stereocenters. The van der Waals surface area contributed by atoms with Gasteiger partial charge in [-0.05, 0) is 155 Å². The third-order valence-corrected chi connectivity index (χ3v) is 19.7. The molecule has 5 heterocycles. The predicted octanol–water partition coefficient (Wildman–Crippen LogP) is 17.9. The second kappa shape index (κ2) is 40.1. The van der Waals surface area contributed by atoms with E-state index < -0.39 is 111 Å². The lowest BCUT2D eigenvalue weighted by Crippen LogP contribution is -2.41. The molecule has 15 aromatic rings. The number of carbonyl (C=O) groups is 3. The third kappa shape index (κ3) is 24.6. The van der Waals surface area contributed by atoms with Crippen molar-refractivity contribution in [3.05, 3.63) is 206 Å². The highest BCUT2D eigenvalue weighted by Crippen LogP contribution is 2.45. The van der Waals surface area contributed by atoms with E-state index in [9.17, 15) is 115 Å². The normalized spacial score (nSPS) is 12.1. The minimum Gasteiger partial charge on any atom is -0.497 e. The first-order chi connectivity index (χ1) is 63.9. The quantitative estimate of drug-likeness (QED) is 0.0246. The van der Waals surface area contributed by atoms with Gasteiger partial charge in [-0.1, -0.05) is 66.7 Å². The summed E-state index contributed by atoms with van der Waals surface area (Å²) < 4.78 is 329. The Balaban J connectivity index is 0.000000164. The average Bonchev–Trinajstić information content (AvgIpc) is 1.62. The second-order valence-corrected chi connectivity index (χ2v) is 29.6. The molecule has 726 valence electrons. The first-order valence-corrected chi connectivity index (χ1v) is 39.1. The number of para-hydroxylation sites is 2. The summed E-state index contributed by atoms with van der Waals surface area (Å²) in [5, 5.41) is 23.2. The van der Waals surface area contributed by atoms with Crippen LogP contribution in [0.4, 0.5) is 130 Å². The molecule has 5 aromatic heterocycles. The maximum absolute atomic E-state index is 13.7. The zero-order valence-electron chi connectivity index (χ0n) is 70.6. The first kappa shape index (κ1) is 102. The summed E-state index contributed by atoms with van der Waals surface area (Å²) in [5.41, 5.74) is 50.7. The molecule has 27 nitrogen and oxygen atoms in total. The third-order valence-electron chi connectivity index (χ3n) is 19.7.